The van der Waals surface area contributed by atoms with Crippen molar-refractivity contribution in [2.45, 2.75) is 43.7 Å². The van der Waals surface area contributed by atoms with Crippen LogP contribution in [0.1, 0.15) is 17.4 Å². The second kappa shape index (κ2) is 10.5. The molecule has 2 aliphatic rings. The number of halogens is 2. The summed E-state index contributed by atoms with van der Waals surface area (Å²) < 4.78 is 47.1. The van der Waals surface area contributed by atoms with Gasteiger partial charge in [-0.25, -0.2) is 4.39 Å². The smallest absolute Gasteiger partial charge is 0.229 e. The van der Waals surface area contributed by atoms with Gasteiger partial charge in [-0.05, 0) is 52.4 Å². The van der Waals surface area contributed by atoms with Crippen molar-refractivity contribution in [1.82, 2.24) is 0 Å². The number of hydrogen-bond donors (Lipinski definition) is 0. The Kier molecular flexibility index (Phi) is 7.22. The zero-order valence-electron chi connectivity index (χ0n) is 17.8. The summed E-state index contributed by atoms with van der Waals surface area (Å²) >= 11 is 2.22. The molecule has 172 valence electrons. The Morgan fingerprint density at radius 3 is 2.30 bits per heavy atom. The van der Waals surface area contributed by atoms with Gasteiger partial charge in [-0.15, -0.1) is 0 Å². The summed E-state index contributed by atoms with van der Waals surface area (Å²) in [5.74, 6) is 0.583. The average Bonchev–Trinajstić information content (AvgIpc) is 2.86. The van der Waals surface area contributed by atoms with Crippen molar-refractivity contribution in [3.05, 3.63) is 99.6 Å². The van der Waals surface area contributed by atoms with Crippen molar-refractivity contribution in [3.8, 4) is 5.75 Å². The van der Waals surface area contributed by atoms with E-state index in [1.54, 1.807) is 0 Å². The molecule has 2 fully saturated rings. The van der Waals surface area contributed by atoms with Gasteiger partial charge in [0, 0.05) is 9.13 Å². The molecule has 2 unspecified atom stereocenters. The Morgan fingerprint density at radius 1 is 0.879 bits per heavy atom. The summed E-state index contributed by atoms with van der Waals surface area (Å²) in [7, 11) is 0. The molecule has 7 heteroatoms. The van der Waals surface area contributed by atoms with E-state index in [9.17, 15) is 0 Å². The maximum atomic E-state index is 15.9. The lowest BCUT2D eigenvalue weighted by Gasteiger charge is -2.46. The monoisotopic (exact) mass is 562 g/mol. The van der Waals surface area contributed by atoms with Crippen molar-refractivity contribution >= 4 is 22.6 Å². The van der Waals surface area contributed by atoms with Crippen LogP contribution in [0, 0.1) is 3.57 Å². The van der Waals surface area contributed by atoms with Gasteiger partial charge in [0.15, 0.2) is 18.6 Å². The predicted octanol–water partition coefficient (Wildman–Crippen LogP) is 5.43. The van der Waals surface area contributed by atoms with Crippen molar-refractivity contribution in [2.24, 2.45) is 0 Å². The second-order valence-electron chi connectivity index (χ2n) is 8.00. The van der Waals surface area contributed by atoms with E-state index in [0.717, 1.165) is 14.7 Å². The third-order valence-electron chi connectivity index (χ3n) is 5.69. The first-order valence-electron chi connectivity index (χ1n) is 10.9. The van der Waals surface area contributed by atoms with Gasteiger partial charge in [0.05, 0.1) is 13.2 Å². The van der Waals surface area contributed by atoms with Crippen molar-refractivity contribution < 1.29 is 28.1 Å². The van der Waals surface area contributed by atoms with Gasteiger partial charge < -0.3 is 23.7 Å². The van der Waals surface area contributed by atoms with Gasteiger partial charge >= 0.3 is 0 Å². The van der Waals surface area contributed by atoms with E-state index in [1.807, 2.05) is 84.9 Å². The van der Waals surface area contributed by atoms with E-state index in [2.05, 4.69) is 22.6 Å². The number of ether oxygens (including phenoxy) is 5. The first kappa shape index (κ1) is 22.7. The van der Waals surface area contributed by atoms with Gasteiger partial charge in [-0.3, -0.25) is 0 Å². The summed E-state index contributed by atoms with van der Waals surface area (Å²) in [6.45, 7) is 0.431. The van der Waals surface area contributed by atoms with Gasteiger partial charge in [0.2, 0.25) is 6.29 Å². The Bertz CT molecular complexity index is 1020. The van der Waals surface area contributed by atoms with Crippen LogP contribution in [0.5, 0.6) is 5.75 Å². The fourth-order valence-corrected chi connectivity index (χ4v) is 4.35. The van der Waals surface area contributed by atoms with Crippen LogP contribution in [0.3, 0.4) is 0 Å². The Labute approximate surface area is 205 Å². The second-order valence-corrected chi connectivity index (χ2v) is 9.24. The molecule has 0 N–H and O–H groups in total. The maximum absolute atomic E-state index is 15.9. The highest BCUT2D eigenvalue weighted by molar-refractivity contribution is 14.1. The highest BCUT2D eigenvalue weighted by Gasteiger charge is 2.52. The number of benzene rings is 3. The number of alkyl halides is 1. The molecule has 5 rings (SSSR count). The summed E-state index contributed by atoms with van der Waals surface area (Å²) in [6, 6.07) is 26.7. The zero-order chi connectivity index (χ0) is 22.6. The lowest BCUT2D eigenvalue weighted by molar-refractivity contribution is -0.347. The Morgan fingerprint density at radius 2 is 1.58 bits per heavy atom. The molecule has 0 aromatic heterocycles. The highest BCUT2D eigenvalue weighted by Crippen LogP contribution is 2.37. The lowest BCUT2D eigenvalue weighted by atomic mass is 9.98. The normalized spacial score (nSPS) is 29.3. The molecule has 0 saturated carbocycles. The fourth-order valence-electron chi connectivity index (χ4n) is 3.99. The fraction of sp³-hybridized carbons (Fsp3) is 0.308. The topological polar surface area (TPSA) is 46.2 Å². The number of rotatable bonds is 6. The van der Waals surface area contributed by atoms with Crippen molar-refractivity contribution in [1.29, 1.82) is 0 Å². The van der Waals surface area contributed by atoms with Crippen LogP contribution >= 0.6 is 22.6 Å². The molecular weight excluding hydrogens is 538 g/mol. The van der Waals surface area contributed by atoms with E-state index in [4.69, 9.17) is 23.7 Å². The quantitative estimate of drug-likeness (QED) is 0.375. The molecule has 2 aliphatic heterocycles. The molecule has 0 bridgehead atoms. The molecule has 5 nitrogen and oxygen atoms in total. The predicted molar refractivity (Wildman–Crippen MR) is 128 cm³/mol. The first-order valence-corrected chi connectivity index (χ1v) is 11.9. The number of hydrogen-bond acceptors (Lipinski definition) is 5. The van der Waals surface area contributed by atoms with Gasteiger partial charge in [-0.1, -0.05) is 60.7 Å². The first-order chi connectivity index (χ1) is 16.2. The van der Waals surface area contributed by atoms with Crippen LogP contribution in [0.15, 0.2) is 84.9 Å². The zero-order valence-corrected chi connectivity index (χ0v) is 19.9. The van der Waals surface area contributed by atoms with Crippen LogP contribution in [0.4, 0.5) is 4.39 Å². The Balaban J connectivity index is 1.35. The van der Waals surface area contributed by atoms with E-state index >= 15 is 4.39 Å². The summed E-state index contributed by atoms with van der Waals surface area (Å²) in [5.41, 5.74) is 1.78. The van der Waals surface area contributed by atoms with Gasteiger partial charge in [0.1, 0.15) is 18.0 Å². The molecule has 3 aromatic rings. The number of fused-ring (bicyclic) bond motifs is 1. The van der Waals surface area contributed by atoms with Crippen LogP contribution in [-0.4, -0.2) is 37.4 Å². The summed E-state index contributed by atoms with van der Waals surface area (Å²) in [4.78, 5) is 0. The Hall–Kier alpha value is -2.04. The summed E-state index contributed by atoms with van der Waals surface area (Å²) in [6.07, 6.45) is -5.47. The standard InChI is InChI=1S/C26H24FIO5/c27-22-23-21(16-30-25(33-23)18-9-5-2-6-10-18)32-26(31-20-13-11-19(28)12-14-20)24(22)29-15-17-7-3-1-4-8-17/h1-14,21-26H,15-16H2/t21-,22+,23-,24+,25?,26?/m1/s1. The third kappa shape index (κ3) is 5.38. The molecule has 2 saturated heterocycles. The molecule has 0 amide bonds. The van der Waals surface area contributed by atoms with Gasteiger partial charge in [-0.2, -0.15) is 0 Å². The average molecular weight is 562 g/mol. The molecular formula is C26H24FIO5. The molecule has 3 aromatic carbocycles. The lowest BCUT2D eigenvalue weighted by Crippen LogP contribution is -2.62. The van der Waals surface area contributed by atoms with E-state index in [0.29, 0.717) is 5.75 Å². The van der Waals surface area contributed by atoms with E-state index < -0.39 is 37.1 Å². The van der Waals surface area contributed by atoms with Crippen LogP contribution < -0.4 is 4.74 Å². The minimum atomic E-state index is -1.46. The van der Waals surface area contributed by atoms with Crippen LogP contribution in [0.25, 0.3) is 0 Å². The minimum absolute atomic E-state index is 0.197. The third-order valence-corrected chi connectivity index (χ3v) is 6.41. The van der Waals surface area contributed by atoms with Gasteiger partial charge in [0.25, 0.3) is 0 Å². The summed E-state index contributed by atoms with van der Waals surface area (Å²) in [5, 5.41) is 0. The highest BCUT2D eigenvalue weighted by atomic mass is 127. The van der Waals surface area contributed by atoms with Crippen LogP contribution in [0.2, 0.25) is 0 Å². The van der Waals surface area contributed by atoms with Crippen LogP contribution in [-0.2, 0) is 25.6 Å². The molecule has 33 heavy (non-hydrogen) atoms. The maximum Gasteiger partial charge on any atom is 0.229 e. The SMILES string of the molecule is F[C@H]1[C@@H]2OC(c3ccccc3)OC[C@H]2OC(Oc2ccc(I)cc2)[C@H]1OCc1ccccc1. The molecule has 0 spiro atoms. The van der Waals surface area contributed by atoms with Crippen molar-refractivity contribution in [3.63, 3.8) is 0 Å². The van der Waals surface area contributed by atoms with E-state index in [1.165, 1.54) is 0 Å². The van der Waals surface area contributed by atoms with E-state index in [-0.39, 0.29) is 13.2 Å². The molecule has 2 heterocycles. The molecule has 0 radical (unpaired) electrons. The van der Waals surface area contributed by atoms with Crippen molar-refractivity contribution in [2.75, 3.05) is 6.61 Å². The molecule has 6 atom stereocenters. The molecule has 0 aliphatic carbocycles. The largest absolute Gasteiger partial charge is 0.462 e. The minimum Gasteiger partial charge on any atom is -0.462 e.